The molecular formula is C21H33N3O4. The first-order chi connectivity index (χ1) is 13.1. The fourth-order valence-electron chi connectivity index (χ4n) is 4.30. The van der Waals surface area contributed by atoms with Crippen molar-refractivity contribution < 1.29 is 19.1 Å². The van der Waals surface area contributed by atoms with Crippen LogP contribution >= 0.6 is 0 Å². The minimum atomic E-state index is -0.995. The van der Waals surface area contributed by atoms with Crippen LogP contribution in [0.3, 0.4) is 0 Å². The number of esters is 1. The molecule has 0 aromatic rings. The average Bonchev–Trinajstić information content (AvgIpc) is 2.92. The Morgan fingerprint density at radius 3 is 2.64 bits per heavy atom. The summed E-state index contributed by atoms with van der Waals surface area (Å²) in [6.07, 6.45) is 7.65. The lowest BCUT2D eigenvalue weighted by Gasteiger charge is -2.47. The van der Waals surface area contributed by atoms with Gasteiger partial charge in [0.25, 0.3) is 0 Å². The van der Waals surface area contributed by atoms with Gasteiger partial charge in [-0.1, -0.05) is 26.0 Å². The number of carbonyl (C=O) groups is 2. The van der Waals surface area contributed by atoms with Gasteiger partial charge in [-0.3, -0.25) is 4.79 Å². The van der Waals surface area contributed by atoms with Gasteiger partial charge in [-0.25, -0.2) is 4.79 Å². The number of amides is 1. The molecule has 1 amide bonds. The van der Waals surface area contributed by atoms with E-state index in [4.69, 9.17) is 9.47 Å². The Bertz CT molecular complexity index is 673. The Labute approximate surface area is 167 Å². The summed E-state index contributed by atoms with van der Waals surface area (Å²) in [7, 11) is 0. The number of carbonyl (C=O) groups excluding carboxylic acids is 2. The van der Waals surface area contributed by atoms with Gasteiger partial charge in [-0.05, 0) is 31.5 Å². The third-order valence-electron chi connectivity index (χ3n) is 5.66. The Hall–Kier alpha value is -1.86. The minimum absolute atomic E-state index is 0.0363. The minimum Gasteiger partial charge on any atom is -0.432 e. The van der Waals surface area contributed by atoms with Crippen molar-refractivity contribution in [3.05, 3.63) is 24.4 Å². The summed E-state index contributed by atoms with van der Waals surface area (Å²) in [4.78, 5) is 28.1. The van der Waals surface area contributed by atoms with Crippen molar-refractivity contribution in [3.8, 4) is 0 Å². The molecule has 0 saturated carbocycles. The van der Waals surface area contributed by atoms with Gasteiger partial charge in [0.2, 0.25) is 11.7 Å². The normalized spacial score (nSPS) is 32.9. The highest BCUT2D eigenvalue weighted by Gasteiger charge is 2.50. The van der Waals surface area contributed by atoms with Crippen LogP contribution in [-0.2, 0) is 19.1 Å². The van der Waals surface area contributed by atoms with Crippen molar-refractivity contribution >= 4 is 11.9 Å². The zero-order valence-corrected chi connectivity index (χ0v) is 17.5. The molecule has 4 atom stereocenters. The number of ether oxygens (including phenoxy) is 2. The Balaban J connectivity index is 1.87. The maximum Gasteiger partial charge on any atom is 0.338 e. The molecule has 2 saturated heterocycles. The molecule has 3 aliphatic rings. The maximum atomic E-state index is 13.7. The second-order valence-corrected chi connectivity index (χ2v) is 8.99. The third kappa shape index (κ3) is 4.25. The van der Waals surface area contributed by atoms with Crippen LogP contribution in [0.25, 0.3) is 0 Å². The Kier molecular flexibility index (Phi) is 5.87. The van der Waals surface area contributed by atoms with E-state index >= 15 is 0 Å². The Morgan fingerprint density at radius 2 is 2.07 bits per heavy atom. The van der Waals surface area contributed by atoms with Gasteiger partial charge < -0.3 is 25.0 Å². The van der Waals surface area contributed by atoms with E-state index < -0.39 is 23.8 Å². The number of hydrogen-bond acceptors (Lipinski definition) is 6. The molecule has 0 bridgehead atoms. The number of nitrogens with zero attached hydrogens (tertiary/aromatic N) is 1. The molecule has 0 aromatic heterocycles. The number of dihydropyridines is 1. The molecule has 156 valence electrons. The molecule has 3 aliphatic heterocycles. The molecule has 1 unspecified atom stereocenters. The van der Waals surface area contributed by atoms with Gasteiger partial charge in [-0.2, -0.15) is 0 Å². The van der Waals surface area contributed by atoms with Gasteiger partial charge in [0.1, 0.15) is 0 Å². The first-order valence-corrected chi connectivity index (χ1v) is 10.2. The molecule has 7 heteroatoms. The monoisotopic (exact) mass is 391 g/mol. The van der Waals surface area contributed by atoms with E-state index in [1.165, 1.54) is 0 Å². The fraction of sp³-hybridized carbons (Fsp3) is 0.714. The van der Waals surface area contributed by atoms with E-state index in [1.54, 1.807) is 13.8 Å². The molecule has 2 fully saturated rings. The first-order valence-electron chi connectivity index (χ1n) is 10.2. The van der Waals surface area contributed by atoms with Crippen LogP contribution in [0.1, 0.15) is 41.0 Å². The van der Waals surface area contributed by atoms with Crippen LogP contribution in [-0.4, -0.2) is 59.9 Å². The highest BCUT2D eigenvalue weighted by atomic mass is 16.8. The van der Waals surface area contributed by atoms with Crippen molar-refractivity contribution in [1.82, 2.24) is 15.5 Å². The fourth-order valence-corrected chi connectivity index (χ4v) is 4.30. The topological polar surface area (TPSA) is 79.9 Å². The number of cyclic esters (lactones) is 1. The predicted molar refractivity (Wildman–Crippen MR) is 106 cm³/mol. The summed E-state index contributed by atoms with van der Waals surface area (Å²) in [5.41, 5.74) is -0.378. The number of hydrogen-bond donors (Lipinski definition) is 2. The predicted octanol–water partition coefficient (Wildman–Crippen LogP) is 1.56. The van der Waals surface area contributed by atoms with Crippen molar-refractivity contribution in [2.45, 2.75) is 64.5 Å². The molecule has 3 heterocycles. The summed E-state index contributed by atoms with van der Waals surface area (Å²) >= 11 is 0. The Morgan fingerprint density at radius 1 is 1.32 bits per heavy atom. The third-order valence-corrected chi connectivity index (χ3v) is 5.66. The summed E-state index contributed by atoms with van der Waals surface area (Å²) in [5.74, 6) is -1.78. The number of rotatable bonds is 5. The quantitative estimate of drug-likeness (QED) is 0.693. The van der Waals surface area contributed by atoms with Crippen molar-refractivity contribution in [3.63, 3.8) is 0 Å². The van der Waals surface area contributed by atoms with Crippen molar-refractivity contribution in [1.29, 1.82) is 0 Å². The molecular weight excluding hydrogens is 358 g/mol. The molecule has 0 spiro atoms. The smallest absolute Gasteiger partial charge is 0.338 e. The highest BCUT2D eigenvalue weighted by molar-refractivity contribution is 5.88. The van der Waals surface area contributed by atoms with Crippen LogP contribution in [0.2, 0.25) is 0 Å². The van der Waals surface area contributed by atoms with Crippen LogP contribution in [0.15, 0.2) is 24.4 Å². The number of allylic oxidation sites excluding steroid dienone is 2. The van der Waals surface area contributed by atoms with Crippen LogP contribution in [0.4, 0.5) is 0 Å². The van der Waals surface area contributed by atoms with Gasteiger partial charge >= 0.3 is 5.97 Å². The van der Waals surface area contributed by atoms with Crippen LogP contribution < -0.4 is 10.6 Å². The molecule has 28 heavy (non-hydrogen) atoms. The molecule has 0 aromatic carbocycles. The summed E-state index contributed by atoms with van der Waals surface area (Å²) in [5, 5.41) is 6.80. The second-order valence-electron chi connectivity index (χ2n) is 8.99. The van der Waals surface area contributed by atoms with Gasteiger partial charge in [0.15, 0.2) is 6.10 Å². The SMILES string of the molecule is CC(C)C[C@H](C(=O)N1CCNCC1[C@]1(C)C=CC=CN1)[C@@H]1OC(C)(C)OC1=O. The van der Waals surface area contributed by atoms with E-state index in [2.05, 4.69) is 37.5 Å². The maximum absolute atomic E-state index is 13.7. The van der Waals surface area contributed by atoms with E-state index in [0.29, 0.717) is 19.5 Å². The van der Waals surface area contributed by atoms with Gasteiger partial charge in [-0.15, -0.1) is 0 Å². The molecule has 3 rings (SSSR count). The lowest BCUT2D eigenvalue weighted by atomic mass is 9.85. The lowest BCUT2D eigenvalue weighted by Crippen LogP contribution is -2.67. The highest BCUT2D eigenvalue weighted by Crippen LogP contribution is 2.33. The van der Waals surface area contributed by atoms with E-state index in [1.807, 2.05) is 23.3 Å². The second kappa shape index (κ2) is 7.87. The van der Waals surface area contributed by atoms with Crippen LogP contribution in [0.5, 0.6) is 0 Å². The molecule has 0 aliphatic carbocycles. The van der Waals surface area contributed by atoms with Crippen molar-refractivity contribution in [2.24, 2.45) is 11.8 Å². The van der Waals surface area contributed by atoms with Crippen molar-refractivity contribution in [2.75, 3.05) is 19.6 Å². The van der Waals surface area contributed by atoms with E-state index in [9.17, 15) is 9.59 Å². The van der Waals surface area contributed by atoms with E-state index in [0.717, 1.165) is 6.54 Å². The summed E-state index contributed by atoms with van der Waals surface area (Å²) < 4.78 is 11.2. The van der Waals surface area contributed by atoms with Gasteiger partial charge in [0.05, 0.1) is 17.5 Å². The average molecular weight is 392 g/mol. The lowest BCUT2D eigenvalue weighted by molar-refractivity contribution is -0.163. The largest absolute Gasteiger partial charge is 0.432 e. The first kappa shape index (κ1) is 20.9. The molecule has 0 radical (unpaired) electrons. The number of piperazine rings is 1. The zero-order chi connectivity index (χ0) is 20.5. The van der Waals surface area contributed by atoms with E-state index in [-0.39, 0.29) is 23.4 Å². The standard InChI is InChI=1S/C21H33N3O4/c1-14(2)12-15(17-19(26)28-20(3,4)27-17)18(25)24-11-10-22-13-16(24)21(5)8-6-7-9-23-21/h6-9,14-17,22-23H,10-13H2,1-5H3/t15-,16?,17-,21-/m0/s1. The molecule has 2 N–H and O–H groups in total. The summed E-state index contributed by atoms with van der Waals surface area (Å²) in [6, 6.07) is -0.0740. The molecule has 7 nitrogen and oxygen atoms in total. The zero-order valence-electron chi connectivity index (χ0n) is 17.5. The van der Waals surface area contributed by atoms with Gasteiger partial charge in [0, 0.05) is 33.5 Å². The van der Waals surface area contributed by atoms with Crippen LogP contribution in [0, 0.1) is 11.8 Å². The summed E-state index contributed by atoms with van der Waals surface area (Å²) in [6.45, 7) is 11.6. The number of nitrogens with one attached hydrogen (secondary N) is 2.